The van der Waals surface area contributed by atoms with E-state index in [0.717, 1.165) is 43.7 Å². The zero-order valence-corrected chi connectivity index (χ0v) is 26.5. The molecule has 1 aromatic heterocycles. The lowest BCUT2D eigenvalue weighted by molar-refractivity contribution is 0.185. The van der Waals surface area contributed by atoms with Crippen LogP contribution in [0, 0.1) is 0 Å². The number of hydrogen-bond acceptors (Lipinski definition) is 8. The molecular formula is C39H63N7O2. The van der Waals surface area contributed by atoms with Gasteiger partial charge < -0.3 is 25.2 Å². The van der Waals surface area contributed by atoms with Crippen LogP contribution in [0.15, 0.2) is 94.9 Å². The minimum Gasteiger partial charge on any atom is -0.489 e. The van der Waals surface area contributed by atoms with Crippen LogP contribution in [0.3, 0.4) is 0 Å². The molecule has 2 aromatic carbocycles. The van der Waals surface area contributed by atoms with Crippen molar-refractivity contribution < 1.29 is 9.02 Å². The van der Waals surface area contributed by atoms with Gasteiger partial charge in [-0.3, -0.25) is 14.4 Å². The second kappa shape index (κ2) is 19.1. The number of fused-ring (bicyclic) bond motifs is 1. The van der Waals surface area contributed by atoms with Crippen LogP contribution in [-0.2, 0) is 31.0 Å². The first-order chi connectivity index (χ1) is 21.9. The van der Waals surface area contributed by atoms with Gasteiger partial charge in [0.25, 0.3) is 5.56 Å². The number of ether oxygens (including phenoxy) is 1. The molecule has 0 amide bonds. The summed E-state index contributed by atoms with van der Waals surface area (Å²) >= 11 is 0. The minimum absolute atomic E-state index is 0. The Morgan fingerprint density at radius 3 is 2.58 bits per heavy atom. The molecule has 3 heterocycles. The maximum Gasteiger partial charge on any atom is 0.278 e. The molecule has 2 N–H and O–H groups in total. The Bertz CT molecular complexity index is 1610. The average Bonchev–Trinajstić information content (AvgIpc) is 3.06. The number of piperidine rings is 1. The van der Waals surface area contributed by atoms with Crippen molar-refractivity contribution in [2.24, 2.45) is 4.99 Å². The highest BCUT2D eigenvalue weighted by molar-refractivity contribution is 5.56. The van der Waals surface area contributed by atoms with Gasteiger partial charge in [-0.25, -0.2) is 4.98 Å². The number of hydrogen-bond donors (Lipinski definition) is 2. The molecule has 0 spiro atoms. The molecule has 2 aliphatic rings. The summed E-state index contributed by atoms with van der Waals surface area (Å²) in [7, 11) is 2.08. The standard InChI is InChI=1S/C36H45N7O2.3CH4.3H2/c1-27(38-22-30-13-14-31-16-19-41(4)25-32(31)21-30)15-20-43-35(44)33(23-39-36(43)42-17-9-6-10-18-42)40-28(2)34(24-37-3)45-26-29-11-7-5-8-12-29;;;;;;/h5,7-8,11-14,16,19,21,23-24,28,38,40H,1,3,6,9-10,15,17-18,20,22,25-26H2,2,4H3;3*1H4;3*1H/b34-24-;;;;;;/t28-;;;;;;/m1....../s1. The molecule has 0 unspecified atom stereocenters. The smallest absolute Gasteiger partial charge is 0.278 e. The van der Waals surface area contributed by atoms with Crippen molar-refractivity contribution in [3.63, 3.8) is 0 Å². The summed E-state index contributed by atoms with van der Waals surface area (Å²) in [6.45, 7) is 14.0. The first-order valence-corrected chi connectivity index (χ1v) is 15.8. The third-order valence-electron chi connectivity index (χ3n) is 8.25. The maximum atomic E-state index is 14.0. The fourth-order valence-corrected chi connectivity index (χ4v) is 5.70. The molecule has 0 saturated carbocycles. The predicted octanol–water partition coefficient (Wildman–Crippen LogP) is 8.55. The average molecular weight is 662 g/mol. The Kier molecular flexibility index (Phi) is 15.7. The van der Waals surface area contributed by atoms with Gasteiger partial charge in [0.2, 0.25) is 5.95 Å². The van der Waals surface area contributed by atoms with Gasteiger partial charge in [-0.15, -0.1) is 0 Å². The number of rotatable bonds is 14. The molecule has 1 fully saturated rings. The monoisotopic (exact) mass is 662 g/mol. The number of nitrogens with one attached hydrogen (secondary N) is 2. The normalized spacial score (nSPS) is 14.3. The van der Waals surface area contributed by atoms with Crippen LogP contribution in [0.4, 0.5) is 11.6 Å². The van der Waals surface area contributed by atoms with Crippen molar-refractivity contribution >= 4 is 24.4 Å². The van der Waals surface area contributed by atoms with Gasteiger partial charge >= 0.3 is 0 Å². The van der Waals surface area contributed by atoms with Gasteiger partial charge in [0.1, 0.15) is 18.1 Å². The van der Waals surface area contributed by atoms with Crippen molar-refractivity contribution in [1.29, 1.82) is 0 Å². The molecular weight excluding hydrogens is 598 g/mol. The van der Waals surface area contributed by atoms with Gasteiger partial charge in [0.15, 0.2) is 0 Å². The topological polar surface area (TPSA) is 87.0 Å². The second-order valence-corrected chi connectivity index (χ2v) is 11.8. The van der Waals surface area contributed by atoms with Crippen LogP contribution >= 0.6 is 0 Å². The molecule has 1 atom stereocenters. The Morgan fingerprint density at radius 1 is 1.10 bits per heavy atom. The highest BCUT2D eigenvalue weighted by Crippen LogP contribution is 2.22. The first-order valence-electron chi connectivity index (χ1n) is 15.8. The zero-order valence-electron chi connectivity index (χ0n) is 26.5. The van der Waals surface area contributed by atoms with E-state index in [-0.39, 0.29) is 38.2 Å². The van der Waals surface area contributed by atoms with E-state index in [0.29, 0.717) is 43.5 Å². The van der Waals surface area contributed by atoms with Gasteiger partial charge in [-0.1, -0.05) is 77.4 Å². The summed E-state index contributed by atoms with van der Waals surface area (Å²) in [5.41, 5.74) is 6.00. The number of nitrogens with zero attached hydrogens (tertiary/aromatic N) is 5. The Morgan fingerprint density at radius 2 is 1.85 bits per heavy atom. The summed E-state index contributed by atoms with van der Waals surface area (Å²) in [4.78, 5) is 27.1. The Labute approximate surface area is 293 Å². The van der Waals surface area contributed by atoms with Gasteiger partial charge in [0.05, 0.1) is 18.4 Å². The van der Waals surface area contributed by atoms with E-state index in [4.69, 9.17) is 9.72 Å². The van der Waals surface area contributed by atoms with Crippen LogP contribution in [-0.4, -0.2) is 47.3 Å². The lowest BCUT2D eigenvalue weighted by Gasteiger charge is -2.30. The van der Waals surface area contributed by atoms with Crippen LogP contribution < -0.4 is 21.1 Å². The highest BCUT2D eigenvalue weighted by atomic mass is 16.5. The molecule has 3 aromatic rings. The Hall–Kier alpha value is -4.79. The molecule has 9 heteroatoms. The van der Waals surface area contributed by atoms with Crippen LogP contribution in [0.25, 0.3) is 6.08 Å². The SMILES string of the molecule is C.C.C.C=N/C=C(\OCc1ccccc1)[C@@H](C)Nc1cnc(N2CCCCC2)n(CCC(=C)NCc2ccc3c(c2)CN(C)C=C3)c1=O.[HH].[HH].[HH]. The van der Waals surface area contributed by atoms with Gasteiger partial charge in [0, 0.05) is 56.2 Å². The van der Waals surface area contributed by atoms with E-state index < -0.39 is 0 Å². The predicted molar refractivity (Wildman–Crippen MR) is 211 cm³/mol. The molecule has 0 radical (unpaired) electrons. The first kappa shape index (κ1) is 39.4. The Balaban J connectivity index is 0. The van der Waals surface area contributed by atoms with Crippen LogP contribution in [0.2, 0.25) is 0 Å². The fraction of sp³-hybridized carbons (Fsp3) is 0.410. The molecule has 266 valence electrons. The number of benzene rings is 2. The van der Waals surface area contributed by atoms with Crippen molar-refractivity contribution in [3.05, 3.63) is 118 Å². The summed E-state index contributed by atoms with van der Waals surface area (Å²) < 4.78 is 7.86. The molecule has 0 bridgehead atoms. The quantitative estimate of drug-likeness (QED) is 0.132. The van der Waals surface area contributed by atoms with E-state index in [1.165, 1.54) is 23.1 Å². The molecule has 0 aliphatic carbocycles. The minimum atomic E-state index is -0.327. The van der Waals surface area contributed by atoms with E-state index in [1.807, 2.05) is 37.3 Å². The lowest BCUT2D eigenvalue weighted by Crippen LogP contribution is -2.38. The largest absolute Gasteiger partial charge is 0.489 e. The highest BCUT2D eigenvalue weighted by Gasteiger charge is 2.21. The zero-order chi connectivity index (χ0) is 31.6. The second-order valence-electron chi connectivity index (χ2n) is 11.8. The number of aliphatic imine (C=N–C) groups is 1. The van der Waals surface area contributed by atoms with E-state index >= 15 is 0 Å². The van der Waals surface area contributed by atoms with Crippen molar-refractivity contribution in [2.45, 2.75) is 87.2 Å². The van der Waals surface area contributed by atoms with E-state index in [2.05, 4.69) is 76.2 Å². The van der Waals surface area contributed by atoms with E-state index in [9.17, 15) is 4.79 Å². The van der Waals surface area contributed by atoms with Crippen molar-refractivity contribution in [3.8, 4) is 0 Å². The summed E-state index contributed by atoms with van der Waals surface area (Å²) in [5.74, 6) is 1.30. The molecule has 1 saturated heterocycles. The molecule has 9 nitrogen and oxygen atoms in total. The molecule has 5 rings (SSSR count). The number of allylic oxidation sites excluding steroid dienone is 1. The van der Waals surface area contributed by atoms with Crippen LogP contribution in [0.5, 0.6) is 0 Å². The molecule has 2 aliphatic heterocycles. The van der Waals surface area contributed by atoms with Crippen molar-refractivity contribution in [1.82, 2.24) is 19.8 Å². The van der Waals surface area contributed by atoms with Crippen LogP contribution in [0.1, 0.15) is 81.4 Å². The van der Waals surface area contributed by atoms with Gasteiger partial charge in [-0.05, 0) is 67.4 Å². The molecule has 48 heavy (non-hydrogen) atoms. The number of anilines is 2. The number of aromatic nitrogens is 2. The van der Waals surface area contributed by atoms with Gasteiger partial charge in [-0.2, -0.15) is 0 Å². The van der Waals surface area contributed by atoms with Crippen molar-refractivity contribution in [2.75, 3.05) is 30.4 Å². The van der Waals surface area contributed by atoms with E-state index in [1.54, 1.807) is 17.0 Å². The summed E-state index contributed by atoms with van der Waals surface area (Å²) in [6, 6.07) is 16.2. The maximum absolute atomic E-state index is 14.0. The third-order valence-corrected chi connectivity index (χ3v) is 8.25. The summed E-state index contributed by atoms with van der Waals surface area (Å²) in [5, 5.41) is 6.80. The third kappa shape index (κ3) is 10.4. The summed E-state index contributed by atoms with van der Waals surface area (Å²) in [6.07, 6.45) is 11.5. The lowest BCUT2D eigenvalue weighted by atomic mass is 10.0. The fourth-order valence-electron chi connectivity index (χ4n) is 5.70.